The van der Waals surface area contributed by atoms with Gasteiger partial charge in [-0.1, -0.05) is 6.92 Å². The first-order valence-corrected chi connectivity index (χ1v) is 6.38. The summed E-state index contributed by atoms with van der Waals surface area (Å²) in [7, 11) is 1.75. The highest BCUT2D eigenvalue weighted by Gasteiger charge is 2.35. The van der Waals surface area contributed by atoms with E-state index >= 15 is 0 Å². The molecule has 0 spiro atoms. The number of nitrogens with zero attached hydrogens (tertiary/aromatic N) is 4. The highest BCUT2D eigenvalue weighted by Crippen LogP contribution is 2.31. The molecule has 0 bridgehead atoms. The third-order valence-electron chi connectivity index (χ3n) is 3.73. The van der Waals surface area contributed by atoms with Crippen molar-refractivity contribution in [2.24, 2.45) is 13.0 Å². The largest absolute Gasteiger partial charge is 0.480 e. The maximum Gasteiger partial charge on any atom is 0.326 e. The maximum absolute atomic E-state index is 11.4. The van der Waals surface area contributed by atoms with Crippen molar-refractivity contribution in [2.45, 2.75) is 32.7 Å². The van der Waals surface area contributed by atoms with Gasteiger partial charge in [-0.05, 0) is 25.7 Å². The molecule has 1 aromatic heterocycles. The number of carboxylic acids is 1. The van der Waals surface area contributed by atoms with Crippen molar-refractivity contribution in [3.63, 3.8) is 0 Å². The number of rotatable bonds is 2. The van der Waals surface area contributed by atoms with Crippen LogP contribution in [0.15, 0.2) is 0 Å². The van der Waals surface area contributed by atoms with E-state index in [-0.39, 0.29) is 0 Å². The van der Waals surface area contributed by atoms with Gasteiger partial charge in [-0.15, -0.1) is 0 Å². The normalized spacial score (nSPS) is 23.2. The molecule has 0 aromatic carbocycles. The summed E-state index contributed by atoms with van der Waals surface area (Å²) in [6.07, 6.45) is 1.53. The van der Waals surface area contributed by atoms with Crippen LogP contribution in [0, 0.1) is 24.2 Å². The van der Waals surface area contributed by atoms with Gasteiger partial charge < -0.3 is 10.0 Å². The Morgan fingerprint density at radius 1 is 1.58 bits per heavy atom. The van der Waals surface area contributed by atoms with Crippen molar-refractivity contribution in [3.8, 4) is 6.07 Å². The number of hydrogen-bond donors (Lipinski definition) is 1. The van der Waals surface area contributed by atoms with Crippen LogP contribution in [0.4, 0.5) is 5.82 Å². The third kappa shape index (κ3) is 2.28. The molecular formula is C13H18N4O2. The van der Waals surface area contributed by atoms with Crippen molar-refractivity contribution in [3.05, 3.63) is 11.3 Å². The molecule has 6 nitrogen and oxygen atoms in total. The van der Waals surface area contributed by atoms with Crippen LogP contribution in [0.5, 0.6) is 0 Å². The molecule has 6 heteroatoms. The maximum atomic E-state index is 11.4. The van der Waals surface area contributed by atoms with E-state index in [1.165, 1.54) is 0 Å². The van der Waals surface area contributed by atoms with Gasteiger partial charge in [0, 0.05) is 13.6 Å². The third-order valence-corrected chi connectivity index (χ3v) is 3.73. The molecule has 0 aliphatic carbocycles. The van der Waals surface area contributed by atoms with Crippen LogP contribution in [0.2, 0.25) is 0 Å². The van der Waals surface area contributed by atoms with Crippen LogP contribution in [-0.2, 0) is 11.8 Å². The lowest BCUT2D eigenvalue weighted by Crippen LogP contribution is -2.48. The number of hydrogen-bond acceptors (Lipinski definition) is 4. The number of anilines is 1. The van der Waals surface area contributed by atoms with Crippen LogP contribution in [0.3, 0.4) is 0 Å². The molecule has 0 radical (unpaired) electrons. The monoisotopic (exact) mass is 262 g/mol. The summed E-state index contributed by atoms with van der Waals surface area (Å²) in [4.78, 5) is 13.3. The number of piperidine rings is 1. The summed E-state index contributed by atoms with van der Waals surface area (Å²) in [6, 6.07) is 1.56. The fourth-order valence-electron chi connectivity index (χ4n) is 2.74. The molecule has 19 heavy (non-hydrogen) atoms. The van der Waals surface area contributed by atoms with Crippen LogP contribution in [0.1, 0.15) is 31.0 Å². The van der Waals surface area contributed by atoms with E-state index < -0.39 is 12.0 Å². The van der Waals surface area contributed by atoms with Crippen molar-refractivity contribution in [1.29, 1.82) is 5.26 Å². The van der Waals surface area contributed by atoms with Gasteiger partial charge in [0.15, 0.2) is 0 Å². The average molecular weight is 262 g/mol. The Hall–Kier alpha value is -2.03. The molecule has 2 unspecified atom stereocenters. The minimum absolute atomic E-state index is 0.386. The number of aryl methyl sites for hydroxylation is 2. The second-order valence-corrected chi connectivity index (χ2v) is 5.20. The van der Waals surface area contributed by atoms with Crippen LogP contribution in [-0.4, -0.2) is 33.4 Å². The number of carboxylic acid groups (broad SMARTS) is 1. The van der Waals surface area contributed by atoms with Crippen LogP contribution in [0.25, 0.3) is 0 Å². The van der Waals surface area contributed by atoms with E-state index in [0.29, 0.717) is 36.0 Å². The molecule has 1 N–H and O–H groups in total. The molecular weight excluding hydrogens is 244 g/mol. The van der Waals surface area contributed by atoms with E-state index in [4.69, 9.17) is 0 Å². The summed E-state index contributed by atoms with van der Waals surface area (Å²) in [5.74, 6) is 0.172. The fourth-order valence-corrected chi connectivity index (χ4v) is 2.74. The Balaban J connectivity index is 2.45. The Bertz CT molecular complexity index is 544. The summed E-state index contributed by atoms with van der Waals surface area (Å²) in [5.41, 5.74) is 1.12. The van der Waals surface area contributed by atoms with Gasteiger partial charge in [-0.2, -0.15) is 10.4 Å². The van der Waals surface area contributed by atoms with Gasteiger partial charge in [-0.3, -0.25) is 4.68 Å². The summed E-state index contributed by atoms with van der Waals surface area (Å²) in [5, 5.41) is 22.9. The molecule has 102 valence electrons. The number of aliphatic carboxylic acids is 1. The molecule has 0 amide bonds. The Morgan fingerprint density at radius 3 is 2.84 bits per heavy atom. The molecule has 1 aliphatic heterocycles. The van der Waals surface area contributed by atoms with E-state index in [9.17, 15) is 15.2 Å². The van der Waals surface area contributed by atoms with Crippen molar-refractivity contribution < 1.29 is 9.90 Å². The fraction of sp³-hybridized carbons (Fsp3) is 0.615. The van der Waals surface area contributed by atoms with Gasteiger partial charge in [0.2, 0.25) is 0 Å². The standard InChI is InChI=1S/C13H18N4O2/c1-8-4-5-17(11(6-8)13(18)19)12-10(7-14)9(2)15-16(12)3/h8,11H,4-6H2,1-3H3,(H,18,19). The zero-order chi connectivity index (χ0) is 14.2. The minimum Gasteiger partial charge on any atom is -0.480 e. The first-order chi connectivity index (χ1) is 8.95. The lowest BCUT2D eigenvalue weighted by Gasteiger charge is -2.37. The van der Waals surface area contributed by atoms with Crippen molar-refractivity contribution in [1.82, 2.24) is 9.78 Å². The molecule has 0 saturated carbocycles. The zero-order valence-electron chi connectivity index (χ0n) is 11.4. The first kappa shape index (κ1) is 13.4. The smallest absolute Gasteiger partial charge is 0.326 e. The predicted molar refractivity (Wildman–Crippen MR) is 69.8 cm³/mol. The second kappa shape index (κ2) is 4.92. The number of nitriles is 1. The highest BCUT2D eigenvalue weighted by atomic mass is 16.4. The summed E-state index contributed by atoms with van der Waals surface area (Å²) in [6.45, 7) is 4.48. The van der Waals surface area contributed by atoms with Gasteiger partial charge >= 0.3 is 5.97 Å². The molecule has 1 aliphatic rings. The van der Waals surface area contributed by atoms with Gasteiger partial charge in [0.05, 0.1) is 5.69 Å². The van der Waals surface area contributed by atoms with Gasteiger partial charge in [-0.25, -0.2) is 4.79 Å². The van der Waals surface area contributed by atoms with E-state index in [0.717, 1.165) is 6.42 Å². The molecule has 1 fully saturated rings. The molecule has 1 aromatic rings. The molecule has 2 atom stereocenters. The average Bonchev–Trinajstić information content (AvgIpc) is 2.63. The van der Waals surface area contributed by atoms with Crippen molar-refractivity contribution in [2.75, 3.05) is 11.4 Å². The van der Waals surface area contributed by atoms with E-state index in [1.54, 1.807) is 23.6 Å². The molecule has 2 heterocycles. The zero-order valence-corrected chi connectivity index (χ0v) is 11.4. The Kier molecular flexibility index (Phi) is 3.47. The van der Waals surface area contributed by atoms with E-state index in [2.05, 4.69) is 18.1 Å². The topological polar surface area (TPSA) is 82.2 Å². The summed E-state index contributed by atoms with van der Waals surface area (Å²) >= 11 is 0. The molecule has 1 saturated heterocycles. The van der Waals surface area contributed by atoms with Gasteiger partial charge in [0.1, 0.15) is 23.5 Å². The van der Waals surface area contributed by atoms with Gasteiger partial charge in [0.25, 0.3) is 0 Å². The first-order valence-electron chi connectivity index (χ1n) is 6.38. The quantitative estimate of drug-likeness (QED) is 0.868. The second-order valence-electron chi connectivity index (χ2n) is 5.20. The predicted octanol–water partition coefficient (Wildman–Crippen LogP) is 1.29. The van der Waals surface area contributed by atoms with E-state index in [1.807, 2.05) is 0 Å². The Morgan fingerprint density at radius 2 is 2.26 bits per heavy atom. The lowest BCUT2D eigenvalue weighted by atomic mass is 9.92. The molecule has 2 rings (SSSR count). The number of aromatic nitrogens is 2. The lowest BCUT2D eigenvalue weighted by molar-refractivity contribution is -0.139. The summed E-state index contributed by atoms with van der Waals surface area (Å²) < 4.78 is 1.61. The van der Waals surface area contributed by atoms with Crippen LogP contribution >= 0.6 is 0 Å². The van der Waals surface area contributed by atoms with Crippen molar-refractivity contribution >= 4 is 11.8 Å². The Labute approximate surface area is 112 Å². The number of carbonyl (C=O) groups is 1. The van der Waals surface area contributed by atoms with Crippen LogP contribution < -0.4 is 4.90 Å². The highest BCUT2D eigenvalue weighted by molar-refractivity contribution is 5.79. The minimum atomic E-state index is -0.839. The SMILES string of the molecule is Cc1nn(C)c(N2CCC(C)CC2C(=O)O)c1C#N.